The minimum absolute atomic E-state index is 0.00669. The van der Waals surface area contributed by atoms with Gasteiger partial charge in [-0.1, -0.05) is 50.2 Å². The van der Waals surface area contributed by atoms with E-state index in [1.54, 1.807) is 0 Å². The number of hydrogen-bond donors (Lipinski definition) is 1. The Bertz CT molecular complexity index is 782. The average molecular weight is 350 g/mol. The molecule has 2 unspecified atom stereocenters. The van der Waals surface area contributed by atoms with Crippen LogP contribution in [0.2, 0.25) is 0 Å². The van der Waals surface area contributed by atoms with Crippen molar-refractivity contribution in [1.82, 2.24) is 0 Å². The number of benzene rings is 2. The lowest BCUT2D eigenvalue weighted by atomic mass is 10.0. The van der Waals surface area contributed by atoms with Gasteiger partial charge in [-0.05, 0) is 29.2 Å². The summed E-state index contributed by atoms with van der Waals surface area (Å²) >= 11 is 0. The maximum atomic E-state index is 12.9. The number of carbonyl (C=O) groups is 1. The third-order valence-corrected chi connectivity index (χ3v) is 5.76. The van der Waals surface area contributed by atoms with E-state index in [0.29, 0.717) is 0 Å². The van der Waals surface area contributed by atoms with Crippen LogP contribution in [0.3, 0.4) is 0 Å². The molecule has 0 radical (unpaired) electrons. The standard InChI is InChI=1S/C22H26N2O2/c1-22(2)19(16-7-4-3-5-8-16)20(22)21(25)23-17-9-6-10-18(15-17)24-11-13-26-14-12-24/h3-10,15,19-20H,11-14H2,1-2H3,(H,23,25). The molecule has 1 amide bonds. The summed E-state index contributed by atoms with van der Waals surface area (Å²) in [6, 6.07) is 18.5. The number of ether oxygens (including phenoxy) is 1. The molecule has 2 aliphatic rings. The Kier molecular flexibility index (Phi) is 4.45. The molecular weight excluding hydrogens is 324 g/mol. The highest BCUT2D eigenvalue weighted by Gasteiger charge is 2.62. The highest BCUT2D eigenvalue weighted by Crippen LogP contribution is 2.64. The molecule has 2 aromatic rings. The van der Waals surface area contributed by atoms with E-state index in [2.05, 4.69) is 48.3 Å². The predicted molar refractivity (Wildman–Crippen MR) is 105 cm³/mol. The first kappa shape index (κ1) is 17.1. The van der Waals surface area contributed by atoms with Crippen molar-refractivity contribution in [2.45, 2.75) is 19.8 Å². The molecule has 1 aliphatic heterocycles. The van der Waals surface area contributed by atoms with Gasteiger partial charge in [0.25, 0.3) is 0 Å². The van der Waals surface area contributed by atoms with Gasteiger partial charge < -0.3 is 15.0 Å². The normalized spacial score (nSPS) is 24.2. The van der Waals surface area contributed by atoms with E-state index in [-0.39, 0.29) is 23.2 Å². The summed E-state index contributed by atoms with van der Waals surface area (Å²) in [6.45, 7) is 7.65. The minimum Gasteiger partial charge on any atom is -0.378 e. The Hall–Kier alpha value is -2.33. The summed E-state index contributed by atoms with van der Waals surface area (Å²) in [5, 5.41) is 3.14. The molecule has 1 N–H and O–H groups in total. The second-order valence-electron chi connectivity index (χ2n) is 7.83. The third-order valence-electron chi connectivity index (χ3n) is 5.76. The highest BCUT2D eigenvalue weighted by molar-refractivity contribution is 5.96. The lowest BCUT2D eigenvalue weighted by Gasteiger charge is -2.29. The Morgan fingerprint density at radius 1 is 1.08 bits per heavy atom. The number of carbonyl (C=O) groups excluding carboxylic acids is 1. The molecule has 4 rings (SSSR count). The van der Waals surface area contributed by atoms with E-state index in [4.69, 9.17) is 4.74 Å². The molecule has 2 atom stereocenters. The summed E-state index contributed by atoms with van der Waals surface area (Å²) in [6.07, 6.45) is 0. The summed E-state index contributed by atoms with van der Waals surface area (Å²) in [4.78, 5) is 15.2. The molecule has 0 bridgehead atoms. The van der Waals surface area contributed by atoms with Crippen LogP contribution in [0.15, 0.2) is 54.6 Å². The Labute approximate surface area is 155 Å². The lowest BCUT2D eigenvalue weighted by Crippen LogP contribution is -2.36. The second-order valence-corrected chi connectivity index (χ2v) is 7.83. The maximum Gasteiger partial charge on any atom is 0.228 e. The summed E-state index contributed by atoms with van der Waals surface area (Å²) in [7, 11) is 0. The van der Waals surface area contributed by atoms with Crippen LogP contribution < -0.4 is 10.2 Å². The van der Waals surface area contributed by atoms with Crippen LogP contribution >= 0.6 is 0 Å². The number of hydrogen-bond acceptors (Lipinski definition) is 3. The molecule has 4 heteroatoms. The topological polar surface area (TPSA) is 41.6 Å². The molecule has 2 fully saturated rings. The number of amides is 1. The zero-order valence-electron chi connectivity index (χ0n) is 15.4. The number of anilines is 2. The smallest absolute Gasteiger partial charge is 0.228 e. The molecule has 0 aromatic heterocycles. The number of nitrogens with one attached hydrogen (secondary N) is 1. The molecule has 1 saturated carbocycles. The maximum absolute atomic E-state index is 12.9. The SMILES string of the molecule is CC1(C)C(C(=O)Nc2cccc(N3CCOCC3)c2)C1c1ccccc1. The van der Waals surface area contributed by atoms with Crippen molar-refractivity contribution < 1.29 is 9.53 Å². The quantitative estimate of drug-likeness (QED) is 0.909. The highest BCUT2D eigenvalue weighted by atomic mass is 16.5. The van der Waals surface area contributed by atoms with Gasteiger partial charge in [-0.15, -0.1) is 0 Å². The number of morpholine rings is 1. The number of rotatable bonds is 4. The van der Waals surface area contributed by atoms with Crippen LogP contribution in [-0.2, 0) is 9.53 Å². The van der Waals surface area contributed by atoms with Gasteiger partial charge in [-0.25, -0.2) is 0 Å². The molecule has 1 saturated heterocycles. The van der Waals surface area contributed by atoms with Crippen LogP contribution in [0, 0.1) is 11.3 Å². The van der Waals surface area contributed by atoms with E-state index in [0.717, 1.165) is 37.7 Å². The van der Waals surface area contributed by atoms with Gasteiger partial charge in [-0.2, -0.15) is 0 Å². The fourth-order valence-corrected chi connectivity index (χ4v) is 4.23. The first-order valence-electron chi connectivity index (χ1n) is 9.36. The van der Waals surface area contributed by atoms with E-state index in [1.165, 1.54) is 5.56 Å². The van der Waals surface area contributed by atoms with Crippen molar-refractivity contribution in [1.29, 1.82) is 0 Å². The first-order valence-corrected chi connectivity index (χ1v) is 9.36. The van der Waals surface area contributed by atoms with Crippen molar-refractivity contribution in [3.05, 3.63) is 60.2 Å². The van der Waals surface area contributed by atoms with Crippen molar-refractivity contribution in [3.8, 4) is 0 Å². The van der Waals surface area contributed by atoms with Crippen LogP contribution in [0.4, 0.5) is 11.4 Å². The molecule has 136 valence electrons. The molecule has 2 aromatic carbocycles. The van der Waals surface area contributed by atoms with Crippen molar-refractivity contribution in [2.75, 3.05) is 36.5 Å². The van der Waals surface area contributed by atoms with Gasteiger partial charge in [0.2, 0.25) is 5.91 Å². The Morgan fingerprint density at radius 3 is 2.54 bits per heavy atom. The Balaban J connectivity index is 1.47. The van der Waals surface area contributed by atoms with Crippen LogP contribution in [0.5, 0.6) is 0 Å². The minimum atomic E-state index is -0.00669. The monoisotopic (exact) mass is 350 g/mol. The van der Waals surface area contributed by atoms with Gasteiger partial charge in [0.05, 0.1) is 19.1 Å². The van der Waals surface area contributed by atoms with Gasteiger partial charge in [-0.3, -0.25) is 4.79 Å². The molecule has 26 heavy (non-hydrogen) atoms. The van der Waals surface area contributed by atoms with Crippen molar-refractivity contribution in [3.63, 3.8) is 0 Å². The first-order chi connectivity index (χ1) is 12.6. The second kappa shape index (κ2) is 6.76. The summed E-state index contributed by atoms with van der Waals surface area (Å²) in [5.74, 6) is 0.408. The molecule has 0 spiro atoms. The van der Waals surface area contributed by atoms with Crippen LogP contribution in [0.1, 0.15) is 25.3 Å². The lowest BCUT2D eigenvalue weighted by molar-refractivity contribution is -0.118. The van der Waals surface area contributed by atoms with Crippen molar-refractivity contribution in [2.24, 2.45) is 11.3 Å². The third kappa shape index (κ3) is 3.21. The van der Waals surface area contributed by atoms with Crippen LogP contribution in [0.25, 0.3) is 0 Å². The molecular formula is C22H26N2O2. The summed E-state index contributed by atoms with van der Waals surface area (Å²) < 4.78 is 5.42. The molecule has 4 nitrogen and oxygen atoms in total. The van der Waals surface area contributed by atoms with E-state index in [1.807, 2.05) is 30.3 Å². The van der Waals surface area contributed by atoms with Gasteiger partial charge in [0.15, 0.2) is 0 Å². The van der Waals surface area contributed by atoms with E-state index < -0.39 is 0 Å². The van der Waals surface area contributed by atoms with Crippen molar-refractivity contribution >= 4 is 17.3 Å². The zero-order valence-corrected chi connectivity index (χ0v) is 15.4. The van der Waals surface area contributed by atoms with E-state index in [9.17, 15) is 4.79 Å². The summed E-state index contributed by atoms with van der Waals surface area (Å²) in [5.41, 5.74) is 3.25. The largest absolute Gasteiger partial charge is 0.378 e. The molecule has 1 aliphatic carbocycles. The molecule has 1 heterocycles. The fourth-order valence-electron chi connectivity index (χ4n) is 4.23. The van der Waals surface area contributed by atoms with Crippen LogP contribution in [-0.4, -0.2) is 32.2 Å². The zero-order chi connectivity index (χ0) is 18.1. The predicted octanol–water partition coefficient (Wildman–Crippen LogP) is 3.90. The fraction of sp³-hybridized carbons (Fsp3) is 0.409. The Morgan fingerprint density at radius 2 is 1.81 bits per heavy atom. The average Bonchev–Trinajstić information content (AvgIpc) is 3.26. The number of nitrogens with zero attached hydrogens (tertiary/aromatic N) is 1. The van der Waals surface area contributed by atoms with Gasteiger partial charge >= 0.3 is 0 Å². The van der Waals surface area contributed by atoms with Gasteiger partial charge in [0.1, 0.15) is 0 Å². The van der Waals surface area contributed by atoms with Gasteiger partial charge in [0, 0.05) is 30.4 Å². The van der Waals surface area contributed by atoms with E-state index >= 15 is 0 Å².